The zero-order valence-corrected chi connectivity index (χ0v) is 11.6. The number of rotatable bonds is 7. The van der Waals surface area contributed by atoms with Gasteiger partial charge in [-0.1, -0.05) is 13.0 Å². The smallest absolute Gasteiger partial charge is 0.320 e. The Bertz CT molecular complexity index is 479. The molecule has 1 aromatic rings. The van der Waals surface area contributed by atoms with Crippen LogP contribution in [-0.2, 0) is 9.59 Å². The fraction of sp³-hybridized carbons (Fsp3) is 0.429. The predicted molar refractivity (Wildman–Crippen MR) is 74.0 cm³/mol. The van der Waals surface area contributed by atoms with Crippen LogP contribution in [0, 0.1) is 5.82 Å². The second-order valence-corrected chi connectivity index (χ2v) is 4.55. The van der Waals surface area contributed by atoms with Crippen LogP contribution in [0.4, 0.5) is 10.1 Å². The number of nitrogens with one attached hydrogen (secondary N) is 1. The Balaban J connectivity index is 2.45. The normalized spacial score (nSPS) is 12.2. The molecule has 1 rings (SSSR count). The average molecular weight is 282 g/mol. The van der Waals surface area contributed by atoms with Crippen LogP contribution < -0.4 is 5.32 Å². The molecule has 0 aliphatic heterocycles. The van der Waals surface area contributed by atoms with Crippen LogP contribution >= 0.6 is 0 Å². The lowest BCUT2D eigenvalue weighted by Crippen LogP contribution is -2.39. The summed E-state index contributed by atoms with van der Waals surface area (Å²) >= 11 is 0. The molecule has 5 nitrogen and oxygen atoms in total. The SMILES string of the molecule is CCC(C(=O)O)N(C)CCC(=O)Nc1cccc(F)c1. The van der Waals surface area contributed by atoms with E-state index in [0.29, 0.717) is 18.7 Å². The molecule has 1 aromatic carbocycles. The third-order valence-electron chi connectivity index (χ3n) is 3.00. The summed E-state index contributed by atoms with van der Waals surface area (Å²) < 4.78 is 12.9. The highest BCUT2D eigenvalue weighted by Crippen LogP contribution is 2.10. The van der Waals surface area contributed by atoms with Crippen LogP contribution in [0.1, 0.15) is 19.8 Å². The minimum Gasteiger partial charge on any atom is -0.480 e. The van der Waals surface area contributed by atoms with Gasteiger partial charge in [-0.2, -0.15) is 0 Å². The summed E-state index contributed by atoms with van der Waals surface area (Å²) in [7, 11) is 1.66. The average Bonchev–Trinajstić information content (AvgIpc) is 2.36. The van der Waals surface area contributed by atoms with Crippen LogP contribution in [-0.4, -0.2) is 41.5 Å². The molecule has 0 saturated heterocycles. The topological polar surface area (TPSA) is 69.6 Å². The van der Waals surface area contributed by atoms with Crippen molar-refractivity contribution in [3.63, 3.8) is 0 Å². The lowest BCUT2D eigenvalue weighted by atomic mass is 10.2. The third-order valence-corrected chi connectivity index (χ3v) is 3.00. The summed E-state index contributed by atoms with van der Waals surface area (Å²) in [6.45, 7) is 2.11. The molecule has 0 aliphatic carbocycles. The second-order valence-electron chi connectivity index (χ2n) is 4.55. The third kappa shape index (κ3) is 4.97. The molecule has 0 spiro atoms. The molecule has 0 radical (unpaired) electrons. The highest BCUT2D eigenvalue weighted by Gasteiger charge is 2.20. The molecule has 0 saturated carbocycles. The first-order chi connectivity index (χ1) is 9.43. The first-order valence-corrected chi connectivity index (χ1v) is 6.42. The minimum absolute atomic E-state index is 0.150. The summed E-state index contributed by atoms with van der Waals surface area (Å²) in [5, 5.41) is 11.6. The Morgan fingerprint density at radius 1 is 1.45 bits per heavy atom. The number of carbonyl (C=O) groups excluding carboxylic acids is 1. The van der Waals surface area contributed by atoms with E-state index in [0.717, 1.165) is 0 Å². The first kappa shape index (κ1) is 16.1. The predicted octanol–water partition coefficient (Wildman–Crippen LogP) is 1.95. The molecular formula is C14H19FN2O3. The van der Waals surface area contributed by atoms with Gasteiger partial charge < -0.3 is 10.4 Å². The zero-order chi connectivity index (χ0) is 15.1. The number of anilines is 1. The number of carbonyl (C=O) groups is 2. The minimum atomic E-state index is -0.902. The van der Waals surface area contributed by atoms with Gasteiger partial charge in [-0.25, -0.2) is 4.39 Å². The summed E-state index contributed by atoms with van der Waals surface area (Å²) in [6.07, 6.45) is 0.619. The molecule has 0 aliphatic rings. The molecule has 110 valence electrons. The lowest BCUT2D eigenvalue weighted by Gasteiger charge is -2.22. The van der Waals surface area contributed by atoms with Gasteiger partial charge in [0.15, 0.2) is 0 Å². The number of likely N-dealkylation sites (N-methyl/N-ethyl adjacent to an activating group) is 1. The van der Waals surface area contributed by atoms with Crippen molar-refractivity contribution in [2.24, 2.45) is 0 Å². The Labute approximate surface area is 117 Å². The largest absolute Gasteiger partial charge is 0.480 e. The second kappa shape index (κ2) is 7.59. The number of carboxylic acid groups (broad SMARTS) is 1. The van der Waals surface area contributed by atoms with Crippen molar-refractivity contribution >= 4 is 17.6 Å². The van der Waals surface area contributed by atoms with Crippen molar-refractivity contribution in [3.8, 4) is 0 Å². The summed E-state index contributed by atoms with van der Waals surface area (Å²) in [5.41, 5.74) is 0.392. The van der Waals surface area contributed by atoms with Crippen molar-refractivity contribution < 1.29 is 19.1 Å². The van der Waals surface area contributed by atoms with Crippen molar-refractivity contribution in [1.82, 2.24) is 4.90 Å². The van der Waals surface area contributed by atoms with E-state index in [2.05, 4.69) is 5.32 Å². The molecular weight excluding hydrogens is 263 g/mol. The quantitative estimate of drug-likeness (QED) is 0.802. The van der Waals surface area contributed by atoms with Gasteiger partial charge in [0.2, 0.25) is 5.91 Å². The summed E-state index contributed by atoms with van der Waals surface area (Å²) in [4.78, 5) is 24.3. The van der Waals surface area contributed by atoms with Crippen molar-refractivity contribution in [1.29, 1.82) is 0 Å². The van der Waals surface area contributed by atoms with Gasteiger partial charge in [0, 0.05) is 18.7 Å². The van der Waals surface area contributed by atoms with E-state index in [4.69, 9.17) is 5.11 Å². The fourth-order valence-electron chi connectivity index (χ4n) is 1.90. The van der Waals surface area contributed by atoms with E-state index in [9.17, 15) is 14.0 Å². The Hall–Kier alpha value is -1.95. The molecule has 0 fully saturated rings. The number of halogens is 1. The molecule has 1 atom stereocenters. The van der Waals surface area contributed by atoms with Gasteiger partial charge in [0.1, 0.15) is 11.9 Å². The summed E-state index contributed by atoms with van der Waals surface area (Å²) in [5.74, 6) is -1.60. The van der Waals surface area contributed by atoms with E-state index >= 15 is 0 Å². The van der Waals surface area contributed by atoms with Crippen LogP contribution in [0.25, 0.3) is 0 Å². The number of hydrogen-bond donors (Lipinski definition) is 2. The van der Waals surface area contributed by atoms with Crippen molar-refractivity contribution in [2.75, 3.05) is 18.9 Å². The van der Waals surface area contributed by atoms with Gasteiger partial charge in [-0.15, -0.1) is 0 Å². The number of carboxylic acids is 1. The van der Waals surface area contributed by atoms with Gasteiger partial charge in [0.25, 0.3) is 0 Å². The van der Waals surface area contributed by atoms with E-state index in [1.807, 2.05) is 0 Å². The standard InChI is InChI=1S/C14H19FN2O3/c1-3-12(14(19)20)17(2)8-7-13(18)16-11-6-4-5-10(15)9-11/h4-6,9,12H,3,7-8H2,1-2H3,(H,16,18)(H,19,20). The molecule has 0 aromatic heterocycles. The highest BCUT2D eigenvalue weighted by molar-refractivity contribution is 5.90. The molecule has 0 heterocycles. The van der Waals surface area contributed by atoms with E-state index in [1.165, 1.54) is 18.2 Å². The molecule has 0 bridgehead atoms. The number of amides is 1. The lowest BCUT2D eigenvalue weighted by molar-refractivity contribution is -0.143. The maximum atomic E-state index is 12.9. The zero-order valence-electron chi connectivity index (χ0n) is 11.6. The molecule has 1 unspecified atom stereocenters. The monoisotopic (exact) mass is 282 g/mol. The van der Waals surface area contributed by atoms with E-state index < -0.39 is 17.8 Å². The van der Waals surface area contributed by atoms with Gasteiger partial charge in [0.05, 0.1) is 0 Å². The van der Waals surface area contributed by atoms with Gasteiger partial charge >= 0.3 is 5.97 Å². The maximum Gasteiger partial charge on any atom is 0.320 e. The van der Waals surface area contributed by atoms with Crippen molar-refractivity contribution in [3.05, 3.63) is 30.1 Å². The molecule has 6 heteroatoms. The van der Waals surface area contributed by atoms with Crippen LogP contribution in [0.15, 0.2) is 24.3 Å². The van der Waals surface area contributed by atoms with E-state index in [1.54, 1.807) is 24.9 Å². The van der Waals surface area contributed by atoms with Gasteiger partial charge in [-0.05, 0) is 31.7 Å². The fourth-order valence-corrected chi connectivity index (χ4v) is 1.90. The maximum absolute atomic E-state index is 12.9. The van der Waals surface area contributed by atoms with Gasteiger partial charge in [-0.3, -0.25) is 14.5 Å². The molecule has 2 N–H and O–H groups in total. The van der Waals surface area contributed by atoms with Crippen LogP contribution in [0.5, 0.6) is 0 Å². The molecule has 1 amide bonds. The van der Waals surface area contributed by atoms with Crippen LogP contribution in [0.2, 0.25) is 0 Å². The number of aliphatic carboxylic acids is 1. The number of nitrogens with zero attached hydrogens (tertiary/aromatic N) is 1. The Morgan fingerprint density at radius 2 is 2.15 bits per heavy atom. The number of benzene rings is 1. The Kier molecular flexibility index (Phi) is 6.11. The Morgan fingerprint density at radius 3 is 2.70 bits per heavy atom. The number of hydrogen-bond acceptors (Lipinski definition) is 3. The van der Waals surface area contributed by atoms with Crippen LogP contribution in [0.3, 0.4) is 0 Å². The highest BCUT2D eigenvalue weighted by atomic mass is 19.1. The van der Waals surface area contributed by atoms with Crippen molar-refractivity contribution in [2.45, 2.75) is 25.8 Å². The summed E-state index contributed by atoms with van der Waals surface area (Å²) in [6, 6.07) is 5.03. The first-order valence-electron chi connectivity index (χ1n) is 6.42. The molecule has 20 heavy (non-hydrogen) atoms. The van der Waals surface area contributed by atoms with E-state index in [-0.39, 0.29) is 12.3 Å².